The van der Waals surface area contributed by atoms with Crippen molar-refractivity contribution >= 4 is 23.5 Å². The molecule has 9 N–H and O–H groups in total. The Morgan fingerprint density at radius 1 is 1.23 bits per heavy atom. The number of nitrogens with two attached hydrogens (primary N) is 3. The maximum atomic E-state index is 12.2. The Balaban J connectivity index is 0.000000245. The molecule has 2 aliphatic heterocycles. The van der Waals surface area contributed by atoms with Crippen LogP contribution in [0.1, 0.15) is 41.7 Å². The molecule has 0 spiro atoms. The number of hydrogen-bond donors (Lipinski definition) is 6. The molecule has 2 atom stereocenters. The summed E-state index contributed by atoms with van der Waals surface area (Å²) in [5, 5.41) is 19.6. The van der Waals surface area contributed by atoms with Crippen molar-refractivity contribution in [1.82, 2.24) is 10.3 Å². The molecule has 170 valence electrons. The van der Waals surface area contributed by atoms with Crippen LogP contribution in [-0.2, 0) is 14.3 Å². The summed E-state index contributed by atoms with van der Waals surface area (Å²) in [6.45, 7) is 1.61. The molecule has 0 saturated carbocycles. The molecule has 0 aliphatic carbocycles. The fourth-order valence-corrected chi connectivity index (χ4v) is 4.18. The first kappa shape index (κ1) is 24.4. The van der Waals surface area contributed by atoms with E-state index in [0.29, 0.717) is 31.0 Å². The molecule has 2 saturated heterocycles. The number of rotatable bonds is 6. The fourth-order valence-electron chi connectivity index (χ4n) is 4.18. The standard InChI is InChI=1S/C13H22N2O4.C7H8N4O/c14-8-11(16)13(12(17)18)10(2-1-5-15-13)9-3-6-19-7-4-9;8-6(9)5-2-1-4(3-11-5)7(10)12/h9-10,15H,1-8,14H2,(H,17,18);1-3H,(H3,8,9)(H2,10,12). The van der Waals surface area contributed by atoms with Crippen molar-refractivity contribution < 1.29 is 24.2 Å². The molecule has 11 heteroatoms. The summed E-state index contributed by atoms with van der Waals surface area (Å²) in [7, 11) is 0. The van der Waals surface area contributed by atoms with Gasteiger partial charge < -0.3 is 27.0 Å². The summed E-state index contributed by atoms with van der Waals surface area (Å²) >= 11 is 0. The van der Waals surface area contributed by atoms with Gasteiger partial charge in [0.25, 0.3) is 0 Å². The smallest absolute Gasteiger partial charge is 0.332 e. The van der Waals surface area contributed by atoms with Gasteiger partial charge in [0.15, 0.2) is 11.3 Å². The Hall–Kier alpha value is -2.89. The summed E-state index contributed by atoms with van der Waals surface area (Å²) < 4.78 is 5.33. The van der Waals surface area contributed by atoms with Gasteiger partial charge >= 0.3 is 5.97 Å². The van der Waals surface area contributed by atoms with Crippen molar-refractivity contribution in [3.8, 4) is 0 Å². The van der Waals surface area contributed by atoms with Gasteiger partial charge in [-0.2, -0.15) is 0 Å². The van der Waals surface area contributed by atoms with E-state index in [9.17, 15) is 19.5 Å². The molecule has 0 bridgehead atoms. The summed E-state index contributed by atoms with van der Waals surface area (Å²) in [5.41, 5.74) is 14.7. The Morgan fingerprint density at radius 2 is 1.90 bits per heavy atom. The number of ketones is 1. The van der Waals surface area contributed by atoms with Crippen LogP contribution in [0.15, 0.2) is 18.3 Å². The summed E-state index contributed by atoms with van der Waals surface area (Å²) in [4.78, 5) is 38.3. The number of amidine groups is 1. The van der Waals surface area contributed by atoms with Crippen LogP contribution in [0, 0.1) is 17.2 Å². The average molecular weight is 434 g/mol. The molecule has 31 heavy (non-hydrogen) atoms. The Labute approximate surface area is 180 Å². The molecule has 2 fully saturated rings. The maximum Gasteiger partial charge on any atom is 0.332 e. The molecular weight excluding hydrogens is 404 g/mol. The predicted octanol–water partition coefficient (Wildman–Crippen LogP) is -0.772. The number of amides is 1. The molecule has 11 nitrogen and oxygen atoms in total. The molecule has 2 unspecified atom stereocenters. The summed E-state index contributed by atoms with van der Waals surface area (Å²) in [6.07, 6.45) is 4.59. The van der Waals surface area contributed by atoms with E-state index in [0.717, 1.165) is 25.7 Å². The number of carboxylic acid groups (broad SMARTS) is 1. The fraction of sp³-hybridized carbons (Fsp3) is 0.550. The largest absolute Gasteiger partial charge is 0.480 e. The molecule has 3 rings (SSSR count). The number of Topliss-reactive ketones (excluding diaryl/α,β-unsaturated/α-hetero) is 1. The molecule has 0 aromatic carbocycles. The number of carbonyl (C=O) groups is 3. The zero-order valence-electron chi connectivity index (χ0n) is 17.3. The first-order chi connectivity index (χ1) is 14.7. The SMILES string of the molecule is N=C(N)c1ccc(C(N)=O)cn1.NCC(=O)C1(C(=O)O)NCCCC1C1CCOCC1. The highest BCUT2D eigenvalue weighted by molar-refractivity contribution is 6.09. The van der Waals surface area contributed by atoms with E-state index in [1.165, 1.54) is 18.3 Å². The lowest BCUT2D eigenvalue weighted by Gasteiger charge is -2.45. The van der Waals surface area contributed by atoms with Gasteiger partial charge in [-0.3, -0.25) is 25.3 Å². The summed E-state index contributed by atoms with van der Waals surface area (Å²) in [5.74, 6) is -2.13. The van der Waals surface area contributed by atoms with Crippen molar-refractivity contribution in [3.63, 3.8) is 0 Å². The molecular formula is C20H30N6O5. The van der Waals surface area contributed by atoms with Crippen LogP contribution in [0.25, 0.3) is 0 Å². The van der Waals surface area contributed by atoms with Crippen LogP contribution < -0.4 is 22.5 Å². The molecule has 0 radical (unpaired) electrons. The lowest BCUT2D eigenvalue weighted by atomic mass is 9.66. The number of nitrogens with zero attached hydrogens (tertiary/aromatic N) is 1. The second-order valence-corrected chi connectivity index (χ2v) is 7.58. The van der Waals surface area contributed by atoms with Crippen LogP contribution in [-0.4, -0.2) is 65.4 Å². The second-order valence-electron chi connectivity index (χ2n) is 7.58. The highest BCUT2D eigenvalue weighted by Crippen LogP contribution is 2.38. The summed E-state index contributed by atoms with van der Waals surface area (Å²) in [6, 6.07) is 2.95. The minimum atomic E-state index is -1.49. The number of nitrogen functional groups attached to an aromatic ring is 1. The van der Waals surface area contributed by atoms with Gasteiger partial charge in [0.2, 0.25) is 5.91 Å². The average Bonchev–Trinajstić information content (AvgIpc) is 2.79. The van der Waals surface area contributed by atoms with E-state index in [-0.39, 0.29) is 24.2 Å². The number of ether oxygens (including phenoxy) is 1. The quantitative estimate of drug-likeness (QED) is 0.188. The van der Waals surface area contributed by atoms with E-state index in [4.69, 9.17) is 27.3 Å². The lowest BCUT2D eigenvalue weighted by Crippen LogP contribution is -2.68. The van der Waals surface area contributed by atoms with Crippen molar-refractivity contribution in [2.24, 2.45) is 29.0 Å². The lowest BCUT2D eigenvalue weighted by molar-refractivity contribution is -0.157. The van der Waals surface area contributed by atoms with Crippen LogP contribution in [0.4, 0.5) is 0 Å². The van der Waals surface area contributed by atoms with Gasteiger partial charge in [-0.15, -0.1) is 0 Å². The number of aromatic nitrogens is 1. The monoisotopic (exact) mass is 434 g/mol. The van der Waals surface area contributed by atoms with Gasteiger partial charge in [-0.1, -0.05) is 0 Å². The van der Waals surface area contributed by atoms with E-state index in [1.54, 1.807) is 0 Å². The van der Waals surface area contributed by atoms with E-state index in [1.807, 2.05) is 0 Å². The van der Waals surface area contributed by atoms with E-state index < -0.39 is 23.2 Å². The van der Waals surface area contributed by atoms with Gasteiger partial charge in [0, 0.05) is 19.4 Å². The topological polar surface area (TPSA) is 207 Å². The van der Waals surface area contributed by atoms with Crippen LogP contribution >= 0.6 is 0 Å². The number of carbonyl (C=O) groups excluding carboxylic acids is 2. The molecule has 1 aromatic rings. The van der Waals surface area contributed by atoms with E-state index in [2.05, 4.69) is 10.3 Å². The minimum Gasteiger partial charge on any atom is -0.480 e. The Bertz CT molecular complexity index is 776. The van der Waals surface area contributed by atoms with Crippen LogP contribution in [0.2, 0.25) is 0 Å². The normalized spacial score (nSPS) is 23.8. The highest BCUT2D eigenvalue weighted by Gasteiger charge is 2.54. The van der Waals surface area contributed by atoms with Crippen molar-refractivity contribution in [2.45, 2.75) is 31.2 Å². The highest BCUT2D eigenvalue weighted by atomic mass is 16.5. The van der Waals surface area contributed by atoms with Crippen LogP contribution in [0.3, 0.4) is 0 Å². The van der Waals surface area contributed by atoms with Gasteiger partial charge in [-0.25, -0.2) is 4.79 Å². The molecule has 3 heterocycles. The minimum absolute atomic E-state index is 0.133. The van der Waals surface area contributed by atoms with Crippen LogP contribution in [0.5, 0.6) is 0 Å². The number of primary amides is 1. The Kier molecular flexibility index (Phi) is 8.60. The zero-order chi connectivity index (χ0) is 23.0. The number of aliphatic carboxylic acids is 1. The molecule has 1 amide bonds. The second kappa shape index (κ2) is 10.9. The van der Waals surface area contributed by atoms with Gasteiger partial charge in [0.1, 0.15) is 11.5 Å². The third kappa shape index (κ3) is 5.63. The van der Waals surface area contributed by atoms with E-state index >= 15 is 0 Å². The van der Waals surface area contributed by atoms with Gasteiger partial charge in [-0.05, 0) is 56.2 Å². The zero-order valence-corrected chi connectivity index (χ0v) is 17.3. The Morgan fingerprint density at radius 3 is 2.39 bits per heavy atom. The third-order valence-electron chi connectivity index (χ3n) is 5.77. The predicted molar refractivity (Wildman–Crippen MR) is 112 cm³/mol. The number of carboxylic acids is 1. The van der Waals surface area contributed by atoms with Crippen molar-refractivity contribution in [2.75, 3.05) is 26.3 Å². The number of pyridine rings is 1. The van der Waals surface area contributed by atoms with Crippen molar-refractivity contribution in [3.05, 3.63) is 29.6 Å². The number of piperidine rings is 1. The number of hydrogen-bond acceptors (Lipinski definition) is 8. The molecule has 2 aliphatic rings. The number of nitrogens with one attached hydrogen (secondary N) is 2. The third-order valence-corrected chi connectivity index (χ3v) is 5.77. The maximum absolute atomic E-state index is 12.2. The molecule has 1 aromatic heterocycles. The van der Waals surface area contributed by atoms with Crippen molar-refractivity contribution in [1.29, 1.82) is 5.41 Å². The van der Waals surface area contributed by atoms with Gasteiger partial charge in [0.05, 0.1) is 12.1 Å². The first-order valence-corrected chi connectivity index (χ1v) is 10.1. The first-order valence-electron chi connectivity index (χ1n) is 10.1.